The van der Waals surface area contributed by atoms with Crippen molar-refractivity contribution in [3.63, 3.8) is 0 Å². The zero-order valence-corrected chi connectivity index (χ0v) is 21.5. The highest BCUT2D eigenvalue weighted by Crippen LogP contribution is 2.39. The first-order chi connectivity index (χ1) is 17.0. The van der Waals surface area contributed by atoms with Crippen LogP contribution in [-0.2, 0) is 26.4 Å². The van der Waals surface area contributed by atoms with Crippen LogP contribution in [0.5, 0.6) is 0 Å². The van der Waals surface area contributed by atoms with Crippen LogP contribution in [0, 0.1) is 5.92 Å². The van der Waals surface area contributed by atoms with Gasteiger partial charge in [-0.2, -0.15) is 0 Å². The quantitative estimate of drug-likeness (QED) is 0.160. The van der Waals surface area contributed by atoms with E-state index in [1.54, 1.807) is 36.5 Å². The van der Waals surface area contributed by atoms with Crippen LogP contribution >= 0.6 is 11.3 Å². The molecule has 0 bridgehead atoms. The fraction of sp³-hybridized carbons (Fsp3) is 0.385. The third-order valence-electron chi connectivity index (χ3n) is 6.63. The number of fused-ring (bicyclic) bond motifs is 1. The molecule has 1 aliphatic rings. The van der Waals surface area contributed by atoms with Crippen LogP contribution in [0.3, 0.4) is 0 Å². The summed E-state index contributed by atoms with van der Waals surface area (Å²) in [7, 11) is -3.82. The molecule has 1 saturated carbocycles. The van der Waals surface area contributed by atoms with Gasteiger partial charge >= 0.3 is 0 Å². The van der Waals surface area contributed by atoms with Gasteiger partial charge in [0, 0.05) is 28.7 Å². The minimum Gasteiger partial charge on any atom is -0.239 e. The Kier molecular flexibility index (Phi) is 7.02. The molecule has 7 nitrogen and oxygen atoms in total. The van der Waals surface area contributed by atoms with Crippen molar-refractivity contribution < 1.29 is 18.2 Å². The zero-order valence-electron chi connectivity index (χ0n) is 19.9. The van der Waals surface area contributed by atoms with E-state index in [2.05, 4.69) is 13.0 Å². The highest BCUT2D eigenvalue weighted by Gasteiger charge is 2.26. The molecule has 0 saturated heterocycles. The second-order valence-electron chi connectivity index (χ2n) is 9.05. The normalized spacial score (nSPS) is 18.8. The van der Waals surface area contributed by atoms with Crippen molar-refractivity contribution in [2.75, 3.05) is 6.61 Å². The molecule has 0 atom stereocenters. The average Bonchev–Trinajstić information content (AvgIpc) is 3.50. The number of thiazole rings is 1. The Morgan fingerprint density at radius 1 is 1.11 bits per heavy atom. The molecule has 0 unspecified atom stereocenters. The Labute approximate surface area is 209 Å². The van der Waals surface area contributed by atoms with E-state index in [1.165, 1.54) is 28.2 Å². The molecule has 0 aliphatic heterocycles. The number of rotatable bonds is 8. The summed E-state index contributed by atoms with van der Waals surface area (Å²) in [6, 6.07) is 10.6. The molecular weight excluding hydrogens is 482 g/mol. The van der Waals surface area contributed by atoms with E-state index in [0.717, 1.165) is 40.3 Å². The summed E-state index contributed by atoms with van der Waals surface area (Å²) in [5.74, 6) is 1.19. The molecule has 3 aromatic heterocycles. The summed E-state index contributed by atoms with van der Waals surface area (Å²) in [4.78, 5) is 19.8. The zero-order chi connectivity index (χ0) is 24.4. The largest absolute Gasteiger partial charge is 0.269 e. The van der Waals surface area contributed by atoms with Gasteiger partial charge in [-0.25, -0.2) is 32.1 Å². The van der Waals surface area contributed by atoms with E-state index in [9.17, 15) is 8.42 Å². The fourth-order valence-corrected chi connectivity index (χ4v) is 6.72. The highest BCUT2D eigenvalue weighted by molar-refractivity contribution is 7.90. The summed E-state index contributed by atoms with van der Waals surface area (Å²) in [6.45, 7) is 4.85. The predicted molar refractivity (Wildman–Crippen MR) is 137 cm³/mol. The molecule has 9 heteroatoms. The summed E-state index contributed by atoms with van der Waals surface area (Å²) in [5, 5.41) is 3.47. The lowest BCUT2D eigenvalue weighted by molar-refractivity contribution is -0.300. The molecule has 3 heterocycles. The van der Waals surface area contributed by atoms with Gasteiger partial charge in [-0.15, -0.1) is 11.3 Å². The standard InChI is InChI=1S/C26H29N3O4S2/c1-3-32-33-16-25-28-24(17-34-25)23-15-29(35(30,31)21-7-5-4-6-8-21)26-22(23)13-20(14-27-26)19-11-9-18(2)10-12-19/h4-8,13-15,17-19H,3,9-12,16H2,1-2H3. The Morgan fingerprint density at radius 3 is 2.63 bits per heavy atom. The van der Waals surface area contributed by atoms with Gasteiger partial charge in [0.25, 0.3) is 10.0 Å². The molecule has 4 aromatic rings. The maximum absolute atomic E-state index is 13.6. The van der Waals surface area contributed by atoms with Gasteiger partial charge in [-0.1, -0.05) is 38.0 Å². The number of pyridine rings is 1. The lowest BCUT2D eigenvalue weighted by atomic mass is 9.80. The van der Waals surface area contributed by atoms with E-state index in [1.807, 2.05) is 18.5 Å². The second-order valence-corrected chi connectivity index (χ2v) is 11.8. The van der Waals surface area contributed by atoms with Crippen molar-refractivity contribution in [2.45, 2.75) is 57.0 Å². The molecule has 0 radical (unpaired) electrons. The number of hydrogen-bond acceptors (Lipinski definition) is 7. The number of hydrogen-bond donors (Lipinski definition) is 0. The monoisotopic (exact) mass is 511 g/mol. The summed E-state index contributed by atoms with van der Waals surface area (Å²) in [5.41, 5.74) is 3.03. The van der Waals surface area contributed by atoms with Gasteiger partial charge < -0.3 is 0 Å². The van der Waals surface area contributed by atoms with Crippen molar-refractivity contribution in [1.29, 1.82) is 0 Å². The number of benzene rings is 1. The first-order valence-corrected chi connectivity index (χ1v) is 14.3. The Morgan fingerprint density at radius 2 is 1.89 bits per heavy atom. The maximum atomic E-state index is 13.6. The number of aromatic nitrogens is 3. The molecule has 1 aromatic carbocycles. The SMILES string of the molecule is CCOOCc1nc(-c2cn(S(=O)(=O)c3ccccc3)c3ncc(C4CCC(C)CC4)cc23)cs1. The average molecular weight is 512 g/mol. The van der Waals surface area contributed by atoms with Crippen LogP contribution in [0.4, 0.5) is 0 Å². The first kappa shape index (κ1) is 24.1. The van der Waals surface area contributed by atoms with Crippen LogP contribution in [0.2, 0.25) is 0 Å². The van der Waals surface area contributed by atoms with Gasteiger partial charge in [-0.05, 0) is 55.4 Å². The molecule has 0 amide bonds. The number of nitrogens with zero attached hydrogens (tertiary/aromatic N) is 3. The van der Waals surface area contributed by atoms with Gasteiger partial charge in [0.05, 0.1) is 17.2 Å². The van der Waals surface area contributed by atoms with E-state index in [0.29, 0.717) is 23.9 Å². The topological polar surface area (TPSA) is 83.3 Å². The van der Waals surface area contributed by atoms with Crippen molar-refractivity contribution in [2.24, 2.45) is 5.92 Å². The van der Waals surface area contributed by atoms with Gasteiger partial charge in [-0.3, -0.25) is 0 Å². The van der Waals surface area contributed by atoms with Crippen LogP contribution < -0.4 is 0 Å². The molecule has 184 valence electrons. The van der Waals surface area contributed by atoms with Crippen LogP contribution in [0.25, 0.3) is 22.3 Å². The Hall–Kier alpha value is -2.59. The van der Waals surface area contributed by atoms with Crippen molar-refractivity contribution in [1.82, 2.24) is 13.9 Å². The third kappa shape index (κ3) is 4.91. The minimum atomic E-state index is -3.82. The van der Waals surface area contributed by atoms with Gasteiger partial charge in [0.15, 0.2) is 5.65 Å². The fourth-order valence-electron chi connectivity index (χ4n) is 4.68. The maximum Gasteiger partial charge on any atom is 0.269 e. The Bertz CT molecular complexity index is 1410. The van der Waals surface area contributed by atoms with Crippen LogP contribution in [-0.4, -0.2) is 29.0 Å². The van der Waals surface area contributed by atoms with Crippen LogP contribution in [0.1, 0.15) is 56.0 Å². The van der Waals surface area contributed by atoms with Gasteiger partial charge in [0.2, 0.25) is 0 Å². The molecule has 35 heavy (non-hydrogen) atoms. The third-order valence-corrected chi connectivity index (χ3v) is 9.12. The molecule has 1 fully saturated rings. The molecule has 5 rings (SSSR count). The smallest absolute Gasteiger partial charge is 0.239 e. The summed E-state index contributed by atoms with van der Waals surface area (Å²) < 4.78 is 28.4. The molecular formula is C26H29N3O4S2. The first-order valence-electron chi connectivity index (χ1n) is 12.0. The molecule has 0 N–H and O–H groups in total. The van der Waals surface area contributed by atoms with E-state index in [-0.39, 0.29) is 11.5 Å². The molecule has 0 spiro atoms. The van der Waals surface area contributed by atoms with Crippen LogP contribution in [0.15, 0.2) is 59.1 Å². The lowest BCUT2D eigenvalue weighted by Gasteiger charge is -2.26. The minimum absolute atomic E-state index is 0.222. The van der Waals surface area contributed by atoms with Crippen molar-refractivity contribution in [3.05, 3.63) is 64.7 Å². The summed E-state index contributed by atoms with van der Waals surface area (Å²) in [6.07, 6.45) is 8.16. The van der Waals surface area contributed by atoms with E-state index in [4.69, 9.17) is 19.7 Å². The summed E-state index contributed by atoms with van der Waals surface area (Å²) >= 11 is 1.45. The van der Waals surface area contributed by atoms with Crippen molar-refractivity contribution >= 4 is 32.4 Å². The second kappa shape index (κ2) is 10.2. The van der Waals surface area contributed by atoms with Crippen molar-refractivity contribution in [3.8, 4) is 11.3 Å². The highest BCUT2D eigenvalue weighted by atomic mass is 32.2. The van der Waals surface area contributed by atoms with E-state index >= 15 is 0 Å². The Balaban J connectivity index is 1.61. The predicted octanol–water partition coefficient (Wildman–Crippen LogP) is 6.16. The van der Waals surface area contributed by atoms with Gasteiger partial charge in [0.1, 0.15) is 11.6 Å². The molecule has 1 aliphatic carbocycles. The van der Waals surface area contributed by atoms with E-state index < -0.39 is 10.0 Å². The lowest BCUT2D eigenvalue weighted by Crippen LogP contribution is -2.13.